The highest BCUT2D eigenvalue weighted by atomic mass is 35.5. The molecule has 1 aromatic heterocycles. The highest BCUT2D eigenvalue weighted by Gasteiger charge is 2.19. The van der Waals surface area contributed by atoms with Gasteiger partial charge in [0.15, 0.2) is 0 Å². The van der Waals surface area contributed by atoms with E-state index in [4.69, 9.17) is 21.1 Å². The van der Waals surface area contributed by atoms with E-state index in [1.165, 1.54) is 14.1 Å². The van der Waals surface area contributed by atoms with Crippen LogP contribution in [0.15, 0.2) is 48.7 Å². The molecule has 0 saturated carbocycles. The number of pyridine rings is 1. The SMILES string of the molecule is CNS(=O)(=O)N(C)c1ccc(Oc2ccnc3cc(OC)ccc23)cc1Cl. The van der Waals surface area contributed by atoms with Gasteiger partial charge in [0.1, 0.15) is 17.2 Å². The second-order valence-corrected chi connectivity index (χ2v) is 7.90. The van der Waals surface area contributed by atoms with E-state index in [2.05, 4.69) is 9.71 Å². The van der Waals surface area contributed by atoms with E-state index < -0.39 is 10.2 Å². The van der Waals surface area contributed by atoms with Crippen LogP contribution in [0.5, 0.6) is 17.2 Å². The highest BCUT2D eigenvalue weighted by Crippen LogP contribution is 2.35. The van der Waals surface area contributed by atoms with Gasteiger partial charge in [0.25, 0.3) is 0 Å². The van der Waals surface area contributed by atoms with Crippen LogP contribution in [-0.4, -0.2) is 34.6 Å². The molecule has 3 aromatic rings. The number of benzene rings is 2. The van der Waals surface area contributed by atoms with Crippen molar-refractivity contribution < 1.29 is 17.9 Å². The summed E-state index contributed by atoms with van der Waals surface area (Å²) >= 11 is 6.27. The van der Waals surface area contributed by atoms with Crippen molar-refractivity contribution in [1.82, 2.24) is 9.71 Å². The van der Waals surface area contributed by atoms with Crippen LogP contribution in [-0.2, 0) is 10.2 Å². The number of rotatable bonds is 6. The molecular formula is C18H18ClN3O4S. The lowest BCUT2D eigenvalue weighted by Crippen LogP contribution is -2.36. The standard InChI is InChI=1S/C18H18ClN3O4S/c1-20-27(23,24)22(2)17-7-5-13(10-15(17)19)26-18-8-9-21-16-11-12(25-3)4-6-14(16)18/h4-11,20H,1-3H3. The molecule has 142 valence electrons. The van der Waals surface area contributed by atoms with Crippen LogP contribution in [0.3, 0.4) is 0 Å². The zero-order valence-electron chi connectivity index (χ0n) is 14.9. The third kappa shape index (κ3) is 3.92. The van der Waals surface area contributed by atoms with Crippen LogP contribution in [0.4, 0.5) is 5.69 Å². The van der Waals surface area contributed by atoms with Gasteiger partial charge in [0.2, 0.25) is 0 Å². The molecule has 27 heavy (non-hydrogen) atoms. The fraction of sp³-hybridized carbons (Fsp3) is 0.167. The normalized spacial score (nSPS) is 11.4. The fourth-order valence-electron chi connectivity index (χ4n) is 2.52. The Morgan fingerprint density at radius 1 is 1.11 bits per heavy atom. The molecule has 0 aliphatic carbocycles. The molecule has 0 aliphatic heterocycles. The maximum Gasteiger partial charge on any atom is 0.301 e. The summed E-state index contributed by atoms with van der Waals surface area (Å²) in [6.07, 6.45) is 1.64. The van der Waals surface area contributed by atoms with Gasteiger partial charge in [-0.25, -0.2) is 4.72 Å². The van der Waals surface area contributed by atoms with Crippen molar-refractivity contribution in [3.05, 3.63) is 53.7 Å². The van der Waals surface area contributed by atoms with Crippen LogP contribution < -0.4 is 18.5 Å². The number of anilines is 1. The summed E-state index contributed by atoms with van der Waals surface area (Å²) in [6.45, 7) is 0. The number of aromatic nitrogens is 1. The Hall–Kier alpha value is -2.55. The van der Waals surface area contributed by atoms with Crippen molar-refractivity contribution in [2.24, 2.45) is 0 Å². The Morgan fingerprint density at radius 2 is 1.85 bits per heavy atom. The second kappa shape index (κ2) is 7.59. The number of fused-ring (bicyclic) bond motifs is 1. The van der Waals surface area contributed by atoms with Crippen LogP contribution in [0, 0.1) is 0 Å². The maximum atomic E-state index is 11.9. The first kappa shape index (κ1) is 19.2. The Bertz CT molecular complexity index is 1090. The summed E-state index contributed by atoms with van der Waals surface area (Å²) in [5.41, 5.74) is 1.07. The van der Waals surface area contributed by atoms with Crippen molar-refractivity contribution >= 4 is 38.4 Å². The summed E-state index contributed by atoms with van der Waals surface area (Å²) in [6, 6.07) is 12.0. The highest BCUT2D eigenvalue weighted by molar-refractivity contribution is 7.90. The third-order valence-corrected chi connectivity index (χ3v) is 5.75. The minimum absolute atomic E-state index is 0.244. The number of halogens is 1. The zero-order chi connectivity index (χ0) is 19.6. The van der Waals surface area contributed by atoms with E-state index in [0.717, 1.165) is 15.2 Å². The first-order valence-electron chi connectivity index (χ1n) is 7.93. The molecule has 7 nitrogen and oxygen atoms in total. The summed E-state index contributed by atoms with van der Waals surface area (Å²) in [5, 5.41) is 1.06. The average molecular weight is 408 g/mol. The van der Waals surface area contributed by atoms with Gasteiger partial charge in [-0.05, 0) is 30.3 Å². The van der Waals surface area contributed by atoms with Gasteiger partial charge in [0, 0.05) is 37.8 Å². The van der Waals surface area contributed by atoms with Gasteiger partial charge in [0.05, 0.1) is 23.3 Å². The van der Waals surface area contributed by atoms with Gasteiger partial charge in [-0.3, -0.25) is 9.29 Å². The molecular weight excluding hydrogens is 390 g/mol. The summed E-state index contributed by atoms with van der Waals surface area (Å²) in [7, 11) is 0.699. The van der Waals surface area contributed by atoms with Crippen LogP contribution >= 0.6 is 11.6 Å². The van der Waals surface area contributed by atoms with Gasteiger partial charge in [-0.15, -0.1) is 0 Å². The van der Waals surface area contributed by atoms with E-state index >= 15 is 0 Å². The molecule has 0 saturated heterocycles. The molecule has 1 heterocycles. The first-order chi connectivity index (χ1) is 12.9. The first-order valence-corrected chi connectivity index (χ1v) is 9.75. The predicted octanol–water partition coefficient (Wildman–Crippen LogP) is 3.59. The van der Waals surface area contributed by atoms with Crippen LogP contribution in [0.2, 0.25) is 5.02 Å². The number of hydrogen-bond acceptors (Lipinski definition) is 5. The lowest BCUT2D eigenvalue weighted by Gasteiger charge is -2.20. The maximum absolute atomic E-state index is 11.9. The summed E-state index contributed by atoms with van der Waals surface area (Å²) in [4.78, 5) is 4.32. The number of methoxy groups -OCH3 is 1. The quantitative estimate of drug-likeness (QED) is 0.675. The Kier molecular flexibility index (Phi) is 5.41. The Balaban J connectivity index is 1.93. The Labute approximate surface area is 162 Å². The number of ether oxygens (including phenoxy) is 2. The number of nitrogens with zero attached hydrogens (tertiary/aromatic N) is 2. The van der Waals surface area contributed by atoms with Crippen LogP contribution in [0.25, 0.3) is 10.9 Å². The monoisotopic (exact) mass is 407 g/mol. The lowest BCUT2D eigenvalue weighted by molar-refractivity contribution is 0.415. The molecule has 0 unspecified atom stereocenters. The summed E-state index contributed by atoms with van der Waals surface area (Å²) in [5.74, 6) is 1.78. The van der Waals surface area contributed by atoms with E-state index in [1.807, 2.05) is 18.2 Å². The van der Waals surface area contributed by atoms with Crippen molar-refractivity contribution in [1.29, 1.82) is 0 Å². The van der Waals surface area contributed by atoms with Crippen molar-refractivity contribution in [2.45, 2.75) is 0 Å². The van der Waals surface area contributed by atoms with E-state index in [0.29, 0.717) is 22.9 Å². The predicted molar refractivity (Wildman–Crippen MR) is 106 cm³/mol. The molecule has 1 N–H and O–H groups in total. The molecule has 0 bridgehead atoms. The van der Waals surface area contributed by atoms with Gasteiger partial charge >= 0.3 is 10.2 Å². The third-order valence-electron chi connectivity index (χ3n) is 4.01. The molecule has 0 amide bonds. The van der Waals surface area contributed by atoms with Gasteiger partial charge in [-0.2, -0.15) is 8.42 Å². The number of hydrogen-bond donors (Lipinski definition) is 1. The topological polar surface area (TPSA) is 80.8 Å². The molecule has 2 aromatic carbocycles. The van der Waals surface area contributed by atoms with E-state index in [1.54, 1.807) is 37.6 Å². The summed E-state index contributed by atoms with van der Waals surface area (Å²) < 4.78 is 38.3. The molecule has 0 aliphatic rings. The smallest absolute Gasteiger partial charge is 0.301 e. The second-order valence-electron chi connectivity index (χ2n) is 5.58. The fourth-order valence-corrected chi connectivity index (χ4v) is 3.56. The zero-order valence-corrected chi connectivity index (χ0v) is 16.5. The largest absolute Gasteiger partial charge is 0.497 e. The Morgan fingerprint density at radius 3 is 2.52 bits per heavy atom. The molecule has 9 heteroatoms. The number of nitrogens with one attached hydrogen (secondary N) is 1. The molecule has 0 fully saturated rings. The van der Waals surface area contributed by atoms with E-state index in [9.17, 15) is 8.42 Å². The van der Waals surface area contributed by atoms with Gasteiger partial charge in [-0.1, -0.05) is 11.6 Å². The van der Waals surface area contributed by atoms with E-state index in [-0.39, 0.29) is 5.02 Å². The van der Waals surface area contributed by atoms with Crippen molar-refractivity contribution in [3.63, 3.8) is 0 Å². The minimum atomic E-state index is -3.64. The minimum Gasteiger partial charge on any atom is -0.497 e. The molecule has 0 spiro atoms. The lowest BCUT2D eigenvalue weighted by atomic mass is 10.2. The average Bonchev–Trinajstić information content (AvgIpc) is 2.67. The molecule has 0 radical (unpaired) electrons. The van der Waals surface area contributed by atoms with Crippen molar-refractivity contribution in [3.8, 4) is 17.2 Å². The molecule has 0 atom stereocenters. The van der Waals surface area contributed by atoms with Gasteiger partial charge < -0.3 is 9.47 Å². The molecule has 3 rings (SSSR count). The van der Waals surface area contributed by atoms with Crippen LogP contribution in [0.1, 0.15) is 0 Å². The van der Waals surface area contributed by atoms with Crippen molar-refractivity contribution in [2.75, 3.05) is 25.5 Å².